The summed E-state index contributed by atoms with van der Waals surface area (Å²) in [5.74, 6) is 0.326. The number of halogens is 2. The highest BCUT2D eigenvalue weighted by molar-refractivity contribution is 7.07. The number of hydrogen-bond donors (Lipinski definition) is 1. The minimum Gasteiger partial charge on any atom is -0.337 e. The Labute approximate surface area is 157 Å². The molecule has 0 spiro atoms. The Morgan fingerprint density at radius 1 is 1.20 bits per heavy atom. The van der Waals surface area contributed by atoms with Crippen LogP contribution in [0.25, 0.3) is 22.6 Å². The zero-order chi connectivity index (χ0) is 18.2. The fourth-order valence-corrected chi connectivity index (χ4v) is 3.14. The Hall–Kier alpha value is -2.16. The summed E-state index contributed by atoms with van der Waals surface area (Å²) in [4.78, 5) is 33.9. The molecule has 0 atom stereocenters. The molecule has 1 fully saturated rings. The normalized spacial score (nSPS) is 16.3. The van der Waals surface area contributed by atoms with Gasteiger partial charge in [0, 0.05) is 28.9 Å². The van der Waals surface area contributed by atoms with Crippen molar-refractivity contribution in [3.8, 4) is 11.5 Å². The first-order valence-electron chi connectivity index (χ1n) is 7.16. The highest BCUT2D eigenvalue weighted by atomic mass is 35.5. The van der Waals surface area contributed by atoms with Crippen LogP contribution in [0.15, 0.2) is 35.2 Å². The second-order valence-electron chi connectivity index (χ2n) is 5.68. The lowest BCUT2D eigenvalue weighted by Crippen LogP contribution is -2.38. The molecule has 1 saturated heterocycles. The van der Waals surface area contributed by atoms with E-state index < -0.39 is 17.5 Å². The molecule has 3 aromatic rings. The van der Waals surface area contributed by atoms with Gasteiger partial charge >= 0.3 is 6.03 Å². The maximum Gasteiger partial charge on any atom is 0.357 e. The number of nitrogens with one attached hydrogen (secondary N) is 1. The van der Waals surface area contributed by atoms with Gasteiger partial charge in [0.25, 0.3) is 5.91 Å². The Balaban J connectivity index is 0.000000151. The zero-order valence-electron chi connectivity index (χ0n) is 13.2. The topological polar surface area (TPSA) is 82.2 Å². The summed E-state index contributed by atoms with van der Waals surface area (Å²) in [5, 5.41) is 1.98. The van der Waals surface area contributed by atoms with Crippen LogP contribution in [0.3, 0.4) is 0 Å². The van der Waals surface area contributed by atoms with Crippen LogP contribution in [0.4, 0.5) is 4.79 Å². The van der Waals surface area contributed by atoms with Gasteiger partial charge in [-0.1, -0.05) is 12.1 Å². The van der Waals surface area contributed by atoms with Gasteiger partial charge in [0.1, 0.15) is 11.2 Å². The van der Waals surface area contributed by atoms with E-state index in [2.05, 4.69) is 15.0 Å². The van der Waals surface area contributed by atoms with Gasteiger partial charge in [0.05, 0.1) is 16.5 Å². The first-order valence-corrected chi connectivity index (χ1v) is 8.78. The fourth-order valence-electron chi connectivity index (χ4n) is 2.13. The predicted octanol–water partition coefficient (Wildman–Crippen LogP) is 4.02. The van der Waals surface area contributed by atoms with Gasteiger partial charge in [-0.05, 0) is 26.0 Å². The number of fused-ring (bicyclic) bond motifs is 1. The molecule has 0 saturated carbocycles. The third-order valence-corrected chi connectivity index (χ3v) is 5.04. The molecule has 1 N–H and O–H groups in total. The van der Waals surface area contributed by atoms with Crippen molar-refractivity contribution in [2.24, 2.45) is 0 Å². The van der Waals surface area contributed by atoms with E-state index in [1.54, 1.807) is 11.3 Å². The van der Waals surface area contributed by atoms with Crippen molar-refractivity contribution in [3.63, 3.8) is 0 Å². The van der Waals surface area contributed by atoms with Crippen molar-refractivity contribution in [2.45, 2.75) is 19.4 Å². The number of para-hydroxylation sites is 2. The number of imide groups is 1. The molecular formula is C15H13Cl2N5O2S. The van der Waals surface area contributed by atoms with Crippen molar-refractivity contribution in [3.05, 3.63) is 35.2 Å². The Morgan fingerprint density at radius 2 is 1.92 bits per heavy atom. The lowest BCUT2D eigenvalue weighted by atomic mass is 10.1. The van der Waals surface area contributed by atoms with Crippen LogP contribution >= 0.6 is 34.9 Å². The van der Waals surface area contributed by atoms with Crippen LogP contribution < -0.4 is 0 Å². The van der Waals surface area contributed by atoms with Crippen LogP contribution in [-0.2, 0) is 4.79 Å². The molecule has 3 heterocycles. The first-order chi connectivity index (χ1) is 11.8. The number of nitrogens with zero attached hydrogens (tertiary/aromatic N) is 4. The number of aromatic amines is 1. The van der Waals surface area contributed by atoms with Crippen LogP contribution in [0.5, 0.6) is 0 Å². The summed E-state index contributed by atoms with van der Waals surface area (Å²) in [5.41, 5.74) is 3.71. The number of amides is 3. The molecule has 3 amide bonds. The number of carbonyl (C=O) groups excluding carboxylic acids is 2. The number of aromatic nitrogens is 3. The Kier molecular flexibility index (Phi) is 4.68. The lowest BCUT2D eigenvalue weighted by molar-refractivity contribution is -0.127. The Bertz CT molecular complexity index is 892. The average Bonchev–Trinajstić information content (AvgIpc) is 3.30. The number of thiazole rings is 1. The molecule has 4 rings (SSSR count). The molecular weight excluding hydrogens is 385 g/mol. The summed E-state index contributed by atoms with van der Waals surface area (Å²) in [7, 11) is 0. The van der Waals surface area contributed by atoms with Crippen molar-refractivity contribution in [1.29, 1.82) is 0 Å². The molecule has 0 aliphatic carbocycles. The van der Waals surface area contributed by atoms with Crippen molar-refractivity contribution < 1.29 is 9.59 Å². The van der Waals surface area contributed by atoms with Crippen molar-refractivity contribution in [1.82, 2.24) is 23.8 Å². The standard InChI is InChI=1S/C10H7N3S.C5H6Cl2N2O2/c1-2-4-8-7(3-1)12-10(13-8)9-5-14-6-11-9;1-5(2)3(10)8(6)4(11)9(5)7/h1-6H,(H,12,13);1-2H3. The highest BCUT2D eigenvalue weighted by Crippen LogP contribution is 2.30. The van der Waals surface area contributed by atoms with Crippen LogP contribution in [0.1, 0.15) is 13.8 Å². The maximum absolute atomic E-state index is 11.1. The second-order valence-corrected chi connectivity index (χ2v) is 7.08. The van der Waals surface area contributed by atoms with Crippen molar-refractivity contribution in [2.75, 3.05) is 0 Å². The molecule has 25 heavy (non-hydrogen) atoms. The number of rotatable bonds is 1. The predicted molar refractivity (Wildman–Crippen MR) is 97.1 cm³/mol. The summed E-state index contributed by atoms with van der Waals surface area (Å²) in [6.07, 6.45) is 0. The van der Waals surface area contributed by atoms with Gasteiger partial charge in [-0.3, -0.25) is 4.79 Å². The van der Waals surface area contributed by atoms with E-state index >= 15 is 0 Å². The maximum atomic E-state index is 11.1. The van der Waals surface area contributed by atoms with Crippen LogP contribution in [0.2, 0.25) is 0 Å². The zero-order valence-corrected chi connectivity index (χ0v) is 15.6. The van der Waals surface area contributed by atoms with Gasteiger partial charge in [-0.2, -0.15) is 4.42 Å². The molecule has 1 aromatic carbocycles. The van der Waals surface area contributed by atoms with Gasteiger partial charge in [0.15, 0.2) is 5.82 Å². The highest BCUT2D eigenvalue weighted by Gasteiger charge is 2.50. The van der Waals surface area contributed by atoms with Crippen molar-refractivity contribution >= 4 is 57.9 Å². The van der Waals surface area contributed by atoms with Gasteiger partial charge in [-0.15, -0.1) is 11.3 Å². The van der Waals surface area contributed by atoms with Crippen LogP contribution in [0, 0.1) is 0 Å². The Morgan fingerprint density at radius 3 is 2.40 bits per heavy atom. The number of carbonyl (C=O) groups is 2. The van der Waals surface area contributed by atoms with E-state index in [1.165, 1.54) is 13.8 Å². The molecule has 0 radical (unpaired) electrons. The molecule has 130 valence electrons. The molecule has 10 heteroatoms. The van der Waals surface area contributed by atoms with Crippen LogP contribution in [-0.4, -0.2) is 41.3 Å². The van der Waals surface area contributed by atoms with E-state index in [9.17, 15) is 9.59 Å². The monoisotopic (exact) mass is 397 g/mol. The van der Waals surface area contributed by atoms with E-state index in [1.807, 2.05) is 35.2 Å². The number of benzene rings is 1. The summed E-state index contributed by atoms with van der Waals surface area (Å²) in [6.45, 7) is 3.03. The third kappa shape index (κ3) is 3.20. The van der Waals surface area contributed by atoms with E-state index in [0.29, 0.717) is 4.42 Å². The van der Waals surface area contributed by atoms with E-state index in [0.717, 1.165) is 27.0 Å². The average molecular weight is 398 g/mol. The lowest BCUT2D eigenvalue weighted by Gasteiger charge is -2.18. The summed E-state index contributed by atoms with van der Waals surface area (Å²) < 4.78 is 1.26. The molecule has 0 bridgehead atoms. The van der Waals surface area contributed by atoms with E-state index in [-0.39, 0.29) is 0 Å². The van der Waals surface area contributed by atoms with Gasteiger partial charge in [0.2, 0.25) is 0 Å². The molecule has 1 aliphatic heterocycles. The minimum atomic E-state index is -1.04. The summed E-state index contributed by atoms with van der Waals surface area (Å²) in [6, 6.07) is 7.27. The largest absolute Gasteiger partial charge is 0.357 e. The number of H-pyrrole nitrogens is 1. The fraction of sp³-hybridized carbons (Fsp3) is 0.200. The molecule has 7 nitrogen and oxygen atoms in total. The smallest absolute Gasteiger partial charge is 0.337 e. The third-order valence-electron chi connectivity index (χ3n) is 3.59. The first kappa shape index (κ1) is 17.7. The number of imidazole rings is 1. The molecule has 1 aliphatic rings. The number of urea groups is 1. The van der Waals surface area contributed by atoms with Gasteiger partial charge in [-0.25, -0.2) is 19.2 Å². The second kappa shape index (κ2) is 6.62. The summed E-state index contributed by atoms with van der Waals surface area (Å²) >= 11 is 12.4. The molecule has 0 unspecified atom stereocenters. The van der Waals surface area contributed by atoms with E-state index in [4.69, 9.17) is 23.6 Å². The number of hydrogen-bond acceptors (Lipinski definition) is 5. The molecule has 2 aromatic heterocycles. The quantitative estimate of drug-likeness (QED) is 0.496. The SMILES string of the molecule is CC1(C)C(=O)N(Cl)C(=O)N1Cl.c1ccc2[nH]c(-c3cscn3)nc2c1. The minimum absolute atomic E-state index is 0.479. The van der Waals surface area contributed by atoms with Gasteiger partial charge < -0.3 is 4.98 Å².